The second-order valence-corrected chi connectivity index (χ2v) is 4.18. The molecular formula is C9H15N5O2. The molecular weight excluding hydrogens is 210 g/mol. The minimum Gasteiger partial charge on any atom is -0.435 e. The summed E-state index contributed by atoms with van der Waals surface area (Å²) < 4.78 is 5.26. The van der Waals surface area contributed by atoms with Crippen LogP contribution in [0.2, 0.25) is 0 Å². The number of ether oxygens (including phenoxy) is 1. The standard InChI is InChI=1S/C9H15N5O2/c1-5(2)14-6(3)7(16-9(14)15)8-10-12-13(4)11-8/h5-7H,1-4H3. The van der Waals surface area contributed by atoms with E-state index in [0.29, 0.717) is 5.82 Å². The molecule has 0 aliphatic carbocycles. The Bertz CT molecular complexity index is 402. The molecule has 88 valence electrons. The van der Waals surface area contributed by atoms with Crippen molar-refractivity contribution in [2.24, 2.45) is 7.05 Å². The van der Waals surface area contributed by atoms with Gasteiger partial charge < -0.3 is 4.74 Å². The fourth-order valence-corrected chi connectivity index (χ4v) is 1.94. The molecule has 0 aromatic carbocycles. The van der Waals surface area contributed by atoms with Crippen LogP contribution in [0, 0.1) is 0 Å². The molecule has 1 aromatic rings. The molecule has 7 nitrogen and oxygen atoms in total. The number of nitrogens with zero attached hydrogens (tertiary/aromatic N) is 5. The van der Waals surface area contributed by atoms with Crippen molar-refractivity contribution in [2.75, 3.05) is 0 Å². The zero-order chi connectivity index (χ0) is 11.9. The van der Waals surface area contributed by atoms with Crippen LogP contribution < -0.4 is 0 Å². The highest BCUT2D eigenvalue weighted by atomic mass is 16.6. The van der Waals surface area contributed by atoms with E-state index in [2.05, 4.69) is 15.4 Å². The summed E-state index contributed by atoms with van der Waals surface area (Å²) in [7, 11) is 1.68. The van der Waals surface area contributed by atoms with Gasteiger partial charge in [0.1, 0.15) is 0 Å². The SMILES string of the molecule is CC(C)N1C(=O)OC(c2nnn(C)n2)C1C. The van der Waals surface area contributed by atoms with Gasteiger partial charge in [0.15, 0.2) is 6.10 Å². The molecule has 2 rings (SSSR count). The van der Waals surface area contributed by atoms with Crippen LogP contribution >= 0.6 is 0 Å². The van der Waals surface area contributed by atoms with Crippen LogP contribution in [0.1, 0.15) is 32.7 Å². The second-order valence-electron chi connectivity index (χ2n) is 4.18. The Morgan fingerprint density at radius 1 is 1.44 bits per heavy atom. The summed E-state index contributed by atoms with van der Waals surface area (Å²) in [6.07, 6.45) is -0.747. The Kier molecular flexibility index (Phi) is 2.53. The quantitative estimate of drug-likeness (QED) is 0.732. The Balaban J connectivity index is 2.23. The predicted octanol–water partition coefficient (Wildman–Crippen LogP) is 0.500. The van der Waals surface area contributed by atoms with Gasteiger partial charge in [-0.2, -0.15) is 4.80 Å². The van der Waals surface area contributed by atoms with E-state index in [4.69, 9.17) is 4.74 Å². The van der Waals surface area contributed by atoms with E-state index in [9.17, 15) is 4.79 Å². The highest BCUT2D eigenvalue weighted by molar-refractivity contribution is 5.71. The van der Waals surface area contributed by atoms with E-state index >= 15 is 0 Å². The average Bonchev–Trinajstić information content (AvgIpc) is 2.70. The summed E-state index contributed by atoms with van der Waals surface area (Å²) in [5.74, 6) is 0.450. The molecule has 1 amide bonds. The molecule has 1 aliphatic rings. The number of carbonyl (C=O) groups excluding carboxylic acids is 1. The number of hydrogen-bond acceptors (Lipinski definition) is 5. The van der Waals surface area contributed by atoms with Crippen molar-refractivity contribution in [1.82, 2.24) is 25.1 Å². The second kappa shape index (κ2) is 3.73. The van der Waals surface area contributed by atoms with Crippen molar-refractivity contribution in [2.45, 2.75) is 39.0 Å². The summed E-state index contributed by atoms with van der Waals surface area (Å²) >= 11 is 0. The maximum atomic E-state index is 11.6. The smallest absolute Gasteiger partial charge is 0.411 e. The van der Waals surface area contributed by atoms with Crippen molar-refractivity contribution in [3.05, 3.63) is 5.82 Å². The number of rotatable bonds is 2. The van der Waals surface area contributed by atoms with Crippen LogP contribution in [0.25, 0.3) is 0 Å². The van der Waals surface area contributed by atoms with E-state index < -0.39 is 6.10 Å². The fourth-order valence-electron chi connectivity index (χ4n) is 1.94. The van der Waals surface area contributed by atoms with Crippen LogP contribution in [0.5, 0.6) is 0 Å². The molecule has 2 heterocycles. The van der Waals surface area contributed by atoms with Gasteiger partial charge in [0, 0.05) is 6.04 Å². The highest BCUT2D eigenvalue weighted by Gasteiger charge is 2.43. The normalized spacial score (nSPS) is 25.3. The molecule has 7 heteroatoms. The first-order valence-electron chi connectivity index (χ1n) is 5.23. The third kappa shape index (κ3) is 1.62. The Morgan fingerprint density at radius 3 is 2.56 bits per heavy atom. The number of hydrogen-bond donors (Lipinski definition) is 0. The van der Waals surface area contributed by atoms with E-state index in [1.54, 1.807) is 11.9 Å². The Morgan fingerprint density at radius 2 is 2.12 bits per heavy atom. The average molecular weight is 225 g/mol. The maximum absolute atomic E-state index is 11.6. The van der Waals surface area contributed by atoms with Crippen LogP contribution in [-0.4, -0.2) is 43.3 Å². The van der Waals surface area contributed by atoms with Crippen LogP contribution in [0.15, 0.2) is 0 Å². The minimum absolute atomic E-state index is 0.0725. The topological polar surface area (TPSA) is 73.1 Å². The van der Waals surface area contributed by atoms with E-state index in [1.807, 2.05) is 20.8 Å². The van der Waals surface area contributed by atoms with Gasteiger partial charge in [0.05, 0.1) is 13.1 Å². The number of tetrazole rings is 1. The van der Waals surface area contributed by atoms with Crippen molar-refractivity contribution in [3.63, 3.8) is 0 Å². The third-order valence-electron chi connectivity index (χ3n) is 2.65. The lowest BCUT2D eigenvalue weighted by atomic mass is 10.1. The van der Waals surface area contributed by atoms with Crippen molar-refractivity contribution < 1.29 is 9.53 Å². The molecule has 0 N–H and O–H groups in total. The molecule has 2 atom stereocenters. The first kappa shape index (κ1) is 10.8. The highest BCUT2D eigenvalue weighted by Crippen LogP contribution is 2.31. The van der Waals surface area contributed by atoms with Crippen LogP contribution in [-0.2, 0) is 11.8 Å². The first-order valence-corrected chi connectivity index (χ1v) is 5.23. The monoisotopic (exact) mass is 225 g/mol. The van der Waals surface area contributed by atoms with Gasteiger partial charge in [0.25, 0.3) is 0 Å². The summed E-state index contributed by atoms with van der Waals surface area (Å²) in [5.41, 5.74) is 0. The minimum atomic E-state index is -0.427. The van der Waals surface area contributed by atoms with Gasteiger partial charge >= 0.3 is 6.09 Å². The molecule has 1 aliphatic heterocycles. The molecule has 1 saturated heterocycles. The molecule has 16 heavy (non-hydrogen) atoms. The van der Waals surface area contributed by atoms with E-state index in [0.717, 1.165) is 0 Å². The molecule has 0 saturated carbocycles. The van der Waals surface area contributed by atoms with Crippen LogP contribution in [0.3, 0.4) is 0 Å². The number of carbonyl (C=O) groups is 1. The number of aryl methyl sites for hydroxylation is 1. The van der Waals surface area contributed by atoms with E-state index in [-0.39, 0.29) is 18.2 Å². The summed E-state index contributed by atoms with van der Waals surface area (Å²) in [5, 5.41) is 11.7. The van der Waals surface area contributed by atoms with Crippen LogP contribution in [0.4, 0.5) is 4.79 Å². The predicted molar refractivity (Wildman–Crippen MR) is 54.5 cm³/mol. The summed E-state index contributed by atoms with van der Waals surface area (Å²) in [4.78, 5) is 14.7. The van der Waals surface area contributed by atoms with E-state index in [1.165, 1.54) is 4.80 Å². The Hall–Kier alpha value is -1.66. The fraction of sp³-hybridized carbons (Fsp3) is 0.778. The lowest BCUT2D eigenvalue weighted by Gasteiger charge is -2.23. The molecule has 0 spiro atoms. The number of aromatic nitrogens is 4. The summed E-state index contributed by atoms with van der Waals surface area (Å²) in [6.45, 7) is 5.82. The lowest BCUT2D eigenvalue weighted by molar-refractivity contribution is 0.125. The third-order valence-corrected chi connectivity index (χ3v) is 2.65. The van der Waals surface area contributed by atoms with Crippen molar-refractivity contribution >= 4 is 6.09 Å². The number of amides is 1. The maximum Gasteiger partial charge on any atom is 0.411 e. The lowest BCUT2D eigenvalue weighted by Crippen LogP contribution is -2.37. The summed E-state index contributed by atoms with van der Waals surface area (Å²) in [6, 6.07) is 0.0286. The van der Waals surface area contributed by atoms with Gasteiger partial charge in [0.2, 0.25) is 5.82 Å². The molecule has 0 radical (unpaired) electrons. The zero-order valence-corrected chi connectivity index (χ0v) is 9.78. The molecule has 1 fully saturated rings. The first-order chi connectivity index (χ1) is 7.50. The van der Waals surface area contributed by atoms with Crippen molar-refractivity contribution in [1.29, 1.82) is 0 Å². The molecule has 1 aromatic heterocycles. The van der Waals surface area contributed by atoms with Gasteiger partial charge in [-0.25, -0.2) is 4.79 Å². The van der Waals surface area contributed by atoms with Gasteiger partial charge in [-0.3, -0.25) is 4.90 Å². The van der Waals surface area contributed by atoms with Gasteiger partial charge in [-0.1, -0.05) is 0 Å². The van der Waals surface area contributed by atoms with Gasteiger partial charge in [-0.15, -0.1) is 10.2 Å². The van der Waals surface area contributed by atoms with Crippen molar-refractivity contribution in [3.8, 4) is 0 Å². The molecule has 2 unspecified atom stereocenters. The zero-order valence-electron chi connectivity index (χ0n) is 9.78. The molecule has 0 bridgehead atoms. The number of cyclic esters (lactones) is 1. The largest absolute Gasteiger partial charge is 0.435 e. The van der Waals surface area contributed by atoms with Gasteiger partial charge in [-0.05, 0) is 26.0 Å². The Labute approximate surface area is 93.4 Å².